The minimum absolute atomic E-state index is 0.0238. The molecule has 2 amide bonds. The van der Waals surface area contributed by atoms with Crippen molar-refractivity contribution in [2.45, 2.75) is 74.6 Å². The summed E-state index contributed by atoms with van der Waals surface area (Å²) in [7, 11) is -2.87. The van der Waals surface area contributed by atoms with Crippen molar-refractivity contribution in [1.82, 2.24) is 9.62 Å². The number of aliphatic hydroxyl groups is 1. The summed E-state index contributed by atoms with van der Waals surface area (Å²) >= 11 is 6.42. The Morgan fingerprint density at radius 2 is 1.92 bits per heavy atom. The van der Waals surface area contributed by atoms with E-state index in [4.69, 9.17) is 21.1 Å². The number of piperidine rings is 1. The van der Waals surface area contributed by atoms with E-state index in [1.165, 1.54) is 11.1 Å². The molecule has 2 aromatic rings. The first-order chi connectivity index (χ1) is 24.5. The van der Waals surface area contributed by atoms with Gasteiger partial charge in [-0.05, 0) is 111 Å². The highest BCUT2D eigenvalue weighted by atomic mass is 35.5. The van der Waals surface area contributed by atoms with Gasteiger partial charge in [-0.15, -0.1) is 0 Å². The molecule has 2 aliphatic carbocycles. The number of rotatable bonds is 3. The molecule has 1 saturated carbocycles. The summed E-state index contributed by atoms with van der Waals surface area (Å²) in [6.45, 7) is 6.42. The monoisotopic (exact) mass is 737 g/mol. The zero-order chi connectivity index (χ0) is 35.9. The first-order valence-electron chi connectivity index (χ1n) is 18.2. The minimum atomic E-state index is -4.44. The number of sulfonamides is 1. The highest BCUT2D eigenvalue weighted by Crippen LogP contribution is 2.47. The molecule has 3 heterocycles. The Morgan fingerprint density at radius 3 is 2.67 bits per heavy atom. The van der Waals surface area contributed by atoms with E-state index in [-0.39, 0.29) is 41.6 Å². The van der Waals surface area contributed by atoms with Crippen LogP contribution >= 0.6 is 11.6 Å². The van der Waals surface area contributed by atoms with Crippen molar-refractivity contribution >= 4 is 39.1 Å². The lowest BCUT2D eigenvalue weighted by Crippen LogP contribution is -2.50. The number of anilines is 1. The van der Waals surface area contributed by atoms with E-state index < -0.39 is 33.2 Å². The lowest BCUT2D eigenvalue weighted by Gasteiger charge is -2.45. The fraction of sp³-hybridized carbons (Fsp3) is 0.538. The number of benzene rings is 2. The summed E-state index contributed by atoms with van der Waals surface area (Å²) in [6, 6.07) is 11.1. The topological polar surface area (TPSA) is 125 Å². The second kappa shape index (κ2) is 14.5. The van der Waals surface area contributed by atoms with Gasteiger partial charge in [0.2, 0.25) is 15.9 Å². The first-order valence-corrected chi connectivity index (χ1v) is 20.1. The quantitative estimate of drug-likeness (QED) is 0.318. The van der Waals surface area contributed by atoms with Crippen molar-refractivity contribution < 1.29 is 32.6 Å². The molecule has 274 valence electrons. The molecule has 2 fully saturated rings. The average molecular weight is 738 g/mol. The van der Waals surface area contributed by atoms with Gasteiger partial charge in [0.25, 0.3) is 5.91 Å². The van der Waals surface area contributed by atoms with Crippen LogP contribution < -0.4 is 14.4 Å². The molecule has 2 bridgehead atoms. The Morgan fingerprint density at radius 1 is 1.12 bits per heavy atom. The zero-order valence-electron chi connectivity index (χ0n) is 29.2. The molecule has 1 spiro atoms. The van der Waals surface area contributed by atoms with Crippen LogP contribution in [0.3, 0.4) is 0 Å². The van der Waals surface area contributed by atoms with E-state index in [1.807, 2.05) is 6.07 Å². The van der Waals surface area contributed by atoms with Crippen LogP contribution in [0.15, 0.2) is 60.9 Å². The lowest BCUT2D eigenvalue weighted by atomic mass is 9.68. The largest absolute Gasteiger partial charge is 0.501 e. The first kappa shape index (κ1) is 35.8. The van der Waals surface area contributed by atoms with Gasteiger partial charge in [-0.3, -0.25) is 9.59 Å². The van der Waals surface area contributed by atoms with Crippen LogP contribution in [0.1, 0.15) is 72.9 Å². The number of likely N-dealkylation sites (tertiary alicyclic amines) is 1. The van der Waals surface area contributed by atoms with E-state index >= 15 is 0 Å². The fourth-order valence-corrected chi connectivity index (χ4v) is 10.5. The van der Waals surface area contributed by atoms with Gasteiger partial charge in [0.05, 0.1) is 31.3 Å². The summed E-state index contributed by atoms with van der Waals surface area (Å²) in [4.78, 5) is 31.5. The van der Waals surface area contributed by atoms with E-state index in [1.54, 1.807) is 42.4 Å². The molecule has 12 heteroatoms. The molecule has 1 saturated heterocycles. The van der Waals surface area contributed by atoms with Gasteiger partial charge >= 0.3 is 0 Å². The number of ether oxygens (including phenoxy) is 2. The highest BCUT2D eigenvalue weighted by Gasteiger charge is 2.45. The molecular weight excluding hydrogens is 690 g/mol. The van der Waals surface area contributed by atoms with Crippen molar-refractivity contribution in [3.05, 3.63) is 82.6 Å². The number of methoxy groups -OCH3 is 1. The second-order valence-electron chi connectivity index (χ2n) is 15.0. The van der Waals surface area contributed by atoms with Crippen molar-refractivity contribution in [2.75, 3.05) is 44.8 Å². The number of halogens is 1. The molecular formula is C39H48ClN3O7S. The number of amides is 2. The van der Waals surface area contributed by atoms with E-state index in [2.05, 4.69) is 28.3 Å². The molecule has 3 aliphatic heterocycles. The Bertz CT molecular complexity index is 1820. The molecule has 0 radical (unpaired) electrons. The van der Waals surface area contributed by atoms with E-state index in [9.17, 15) is 23.1 Å². The van der Waals surface area contributed by atoms with Gasteiger partial charge in [0.1, 0.15) is 5.75 Å². The SMILES string of the molecule is C=C(OC)C1CCN(C(=O)[C@H]2CC/C=C\[C@H](O)[C@@H]3CC[C@H]3CN3C[C@@]4(CCCc5cc(Cl)ccc54)COc4ccc(cc43)C(=O)NS2(=O)=O)CC1. The summed E-state index contributed by atoms with van der Waals surface area (Å²) in [6.07, 6.45) is 8.97. The lowest BCUT2D eigenvalue weighted by molar-refractivity contribution is -0.132. The number of hydrogen-bond acceptors (Lipinski definition) is 8. The molecule has 0 aromatic heterocycles. The smallest absolute Gasteiger partial charge is 0.264 e. The number of carbonyl (C=O) groups is 2. The normalized spacial score (nSPS) is 30.1. The highest BCUT2D eigenvalue weighted by molar-refractivity contribution is 7.91. The maximum atomic E-state index is 13.9. The number of nitrogens with zero attached hydrogens (tertiary/aromatic N) is 2. The molecule has 10 nitrogen and oxygen atoms in total. The van der Waals surface area contributed by atoms with Crippen LogP contribution in [0.5, 0.6) is 5.75 Å². The number of aliphatic hydroxyl groups excluding tert-OH is 1. The van der Waals surface area contributed by atoms with Crippen LogP contribution in [0.4, 0.5) is 5.69 Å². The zero-order valence-corrected chi connectivity index (χ0v) is 30.8. The van der Waals surface area contributed by atoms with Crippen LogP contribution in [-0.4, -0.2) is 81.5 Å². The van der Waals surface area contributed by atoms with Crippen molar-refractivity contribution in [1.29, 1.82) is 0 Å². The van der Waals surface area contributed by atoms with Gasteiger partial charge < -0.3 is 24.4 Å². The van der Waals surface area contributed by atoms with Crippen LogP contribution in [0.2, 0.25) is 5.02 Å². The number of fused-ring (bicyclic) bond motifs is 4. The number of nitrogens with one attached hydrogen (secondary N) is 1. The third-order valence-corrected chi connectivity index (χ3v) is 13.9. The Kier molecular flexibility index (Phi) is 10.2. The Balaban J connectivity index is 1.21. The van der Waals surface area contributed by atoms with E-state index in [0.717, 1.165) is 32.1 Å². The number of allylic oxidation sites excluding steroid dienone is 2. The number of carbonyl (C=O) groups excluding carboxylic acids is 2. The molecule has 0 unspecified atom stereocenters. The number of aryl methyl sites for hydroxylation is 1. The number of hydrogen-bond donors (Lipinski definition) is 2. The summed E-state index contributed by atoms with van der Waals surface area (Å²) in [5, 5.41) is 10.6. The standard InChI is InChI=1S/C39H48ClN3O7S/c1-25(49-2)26-15-18-42(19-16-26)38(46)36-8-4-3-7-34(44)31-12-9-29(31)22-43-23-39(17-5-6-27-20-30(40)11-13-32(27)39)24-50-35-14-10-28(21-33(35)43)37(45)41-51(36,47)48/h3,7,10-11,13-14,20-21,26,29,31,34,36,44H,1,4-6,8-9,12,15-19,22-24H2,2H3,(H,41,45)/b7-3-/t29-,31+,34-,36+,39-/m0/s1. The second-order valence-corrected chi connectivity index (χ2v) is 17.3. The van der Waals surface area contributed by atoms with E-state index in [0.29, 0.717) is 67.8 Å². The van der Waals surface area contributed by atoms with Gasteiger partial charge in [-0.2, -0.15) is 0 Å². The molecule has 51 heavy (non-hydrogen) atoms. The minimum Gasteiger partial charge on any atom is -0.501 e. The van der Waals surface area contributed by atoms with Crippen molar-refractivity contribution in [3.8, 4) is 5.75 Å². The summed E-state index contributed by atoms with van der Waals surface area (Å²) in [5.74, 6) is 0.276. The molecule has 5 aliphatic rings. The average Bonchev–Trinajstić information content (AvgIpc) is 3.25. The summed E-state index contributed by atoms with van der Waals surface area (Å²) < 4.78 is 42.0. The van der Waals surface area contributed by atoms with Gasteiger partial charge in [-0.1, -0.05) is 36.4 Å². The van der Waals surface area contributed by atoms with Crippen molar-refractivity contribution in [3.63, 3.8) is 0 Å². The fourth-order valence-electron chi connectivity index (χ4n) is 8.90. The van der Waals surface area contributed by atoms with Crippen LogP contribution in [-0.2, 0) is 31.4 Å². The maximum Gasteiger partial charge on any atom is 0.264 e. The van der Waals surface area contributed by atoms with Crippen molar-refractivity contribution in [2.24, 2.45) is 17.8 Å². The Hall–Kier alpha value is -3.54. The van der Waals surface area contributed by atoms with Gasteiger partial charge in [0, 0.05) is 48.1 Å². The molecule has 7 rings (SSSR count). The van der Waals surface area contributed by atoms with Crippen LogP contribution in [0, 0.1) is 17.8 Å². The molecule has 2 N–H and O–H groups in total. The Labute approximate surface area is 305 Å². The third-order valence-electron chi connectivity index (χ3n) is 12.0. The predicted octanol–water partition coefficient (Wildman–Crippen LogP) is 5.38. The third kappa shape index (κ3) is 7.13. The maximum absolute atomic E-state index is 13.9. The van der Waals surface area contributed by atoms with Gasteiger partial charge in [0.15, 0.2) is 5.25 Å². The molecule has 5 atom stereocenters. The summed E-state index contributed by atoms with van der Waals surface area (Å²) in [5.41, 5.74) is 3.01. The molecule has 2 aromatic carbocycles. The van der Waals surface area contributed by atoms with Gasteiger partial charge in [-0.25, -0.2) is 13.1 Å². The van der Waals surface area contributed by atoms with Crippen LogP contribution in [0.25, 0.3) is 0 Å². The predicted molar refractivity (Wildman–Crippen MR) is 196 cm³/mol.